The third kappa shape index (κ3) is 3.67. The van der Waals surface area contributed by atoms with Crippen molar-refractivity contribution in [3.8, 4) is 5.75 Å². The highest BCUT2D eigenvalue weighted by Gasteiger charge is 2.28. The number of ether oxygens (including phenoxy) is 1. The quantitative estimate of drug-likeness (QED) is 0.831. The number of nitrogens with zero attached hydrogens (tertiary/aromatic N) is 2. The van der Waals surface area contributed by atoms with E-state index in [9.17, 15) is 13.2 Å². The average molecular weight is 340 g/mol. The summed E-state index contributed by atoms with van der Waals surface area (Å²) in [5.41, 5.74) is 2.42. The number of carbonyl (C=O) groups excluding carboxylic acids is 1. The molecular formula is C16H24N2O4S. The first kappa shape index (κ1) is 17.7. The van der Waals surface area contributed by atoms with Gasteiger partial charge in [-0.2, -0.15) is 4.31 Å². The van der Waals surface area contributed by atoms with Gasteiger partial charge in [-0.15, -0.1) is 0 Å². The molecule has 0 aromatic heterocycles. The van der Waals surface area contributed by atoms with Crippen LogP contribution in [0.1, 0.15) is 28.4 Å². The minimum absolute atomic E-state index is 0.0539. The van der Waals surface area contributed by atoms with Crippen LogP contribution in [0, 0.1) is 13.8 Å². The van der Waals surface area contributed by atoms with Crippen molar-refractivity contribution >= 4 is 15.9 Å². The van der Waals surface area contributed by atoms with Gasteiger partial charge in [0, 0.05) is 31.7 Å². The maximum Gasteiger partial charge on any atom is 0.254 e. The smallest absolute Gasteiger partial charge is 0.254 e. The molecule has 23 heavy (non-hydrogen) atoms. The second kappa shape index (κ2) is 6.88. The van der Waals surface area contributed by atoms with E-state index < -0.39 is 10.0 Å². The van der Waals surface area contributed by atoms with Crippen LogP contribution in [0.3, 0.4) is 0 Å². The van der Waals surface area contributed by atoms with Crippen LogP contribution in [0.15, 0.2) is 12.1 Å². The van der Waals surface area contributed by atoms with Crippen LogP contribution in [0.2, 0.25) is 0 Å². The lowest BCUT2D eigenvalue weighted by molar-refractivity contribution is 0.0697. The first-order chi connectivity index (χ1) is 10.8. The zero-order valence-corrected chi connectivity index (χ0v) is 14.9. The minimum atomic E-state index is -3.18. The SMILES string of the molecule is CCS(=O)(=O)N1CCN(C(=O)c2cc(C)c(OC)cc2C)CC1. The lowest BCUT2D eigenvalue weighted by atomic mass is 10.0. The molecule has 1 aromatic rings. The Morgan fingerprint density at radius 1 is 1.13 bits per heavy atom. The number of hydrogen-bond acceptors (Lipinski definition) is 4. The Kier molecular flexibility index (Phi) is 5.31. The van der Waals surface area contributed by atoms with Crippen molar-refractivity contribution < 1.29 is 17.9 Å². The van der Waals surface area contributed by atoms with Crippen molar-refractivity contribution in [3.63, 3.8) is 0 Å². The van der Waals surface area contributed by atoms with E-state index >= 15 is 0 Å². The topological polar surface area (TPSA) is 66.9 Å². The van der Waals surface area contributed by atoms with Gasteiger partial charge in [0.15, 0.2) is 0 Å². The number of hydrogen-bond donors (Lipinski definition) is 0. The van der Waals surface area contributed by atoms with Gasteiger partial charge in [-0.3, -0.25) is 4.79 Å². The lowest BCUT2D eigenvalue weighted by Crippen LogP contribution is -2.51. The summed E-state index contributed by atoms with van der Waals surface area (Å²) in [6.07, 6.45) is 0. The Morgan fingerprint density at radius 2 is 1.74 bits per heavy atom. The van der Waals surface area contributed by atoms with E-state index in [4.69, 9.17) is 4.74 Å². The van der Waals surface area contributed by atoms with Gasteiger partial charge < -0.3 is 9.64 Å². The molecule has 128 valence electrons. The van der Waals surface area contributed by atoms with Gasteiger partial charge in [0.25, 0.3) is 5.91 Å². The van der Waals surface area contributed by atoms with Gasteiger partial charge in [-0.1, -0.05) is 0 Å². The summed E-state index contributed by atoms with van der Waals surface area (Å²) < 4.78 is 30.5. The van der Waals surface area contributed by atoms with Crippen LogP contribution in [0.4, 0.5) is 0 Å². The van der Waals surface area contributed by atoms with Crippen molar-refractivity contribution in [2.45, 2.75) is 20.8 Å². The van der Waals surface area contributed by atoms with E-state index in [0.717, 1.165) is 16.9 Å². The van der Waals surface area contributed by atoms with Crippen LogP contribution < -0.4 is 4.74 Å². The molecule has 0 radical (unpaired) electrons. The maximum absolute atomic E-state index is 12.7. The number of sulfonamides is 1. The number of rotatable bonds is 4. The molecule has 0 N–H and O–H groups in total. The molecule has 1 fully saturated rings. The molecule has 1 aliphatic rings. The summed E-state index contributed by atoms with van der Waals surface area (Å²) in [4.78, 5) is 14.4. The second-order valence-electron chi connectivity index (χ2n) is 5.73. The van der Waals surface area contributed by atoms with Crippen LogP contribution in [-0.4, -0.2) is 62.6 Å². The van der Waals surface area contributed by atoms with Crippen LogP contribution >= 0.6 is 0 Å². The van der Waals surface area contributed by atoms with E-state index in [1.165, 1.54) is 4.31 Å². The largest absolute Gasteiger partial charge is 0.496 e. The molecule has 1 heterocycles. The zero-order chi connectivity index (χ0) is 17.2. The number of piperazine rings is 1. The van der Waals surface area contributed by atoms with Crippen molar-refractivity contribution in [2.75, 3.05) is 39.0 Å². The number of amides is 1. The first-order valence-electron chi connectivity index (χ1n) is 7.72. The molecule has 0 unspecified atom stereocenters. The Hall–Kier alpha value is -1.60. The first-order valence-corrected chi connectivity index (χ1v) is 9.33. The minimum Gasteiger partial charge on any atom is -0.496 e. The Balaban J connectivity index is 2.13. The predicted octanol–water partition coefficient (Wildman–Crippen LogP) is 1.42. The fourth-order valence-corrected chi connectivity index (χ4v) is 3.85. The van der Waals surface area contributed by atoms with E-state index in [0.29, 0.717) is 31.7 Å². The number of carbonyl (C=O) groups is 1. The Bertz CT molecular complexity index is 692. The van der Waals surface area contributed by atoms with Crippen molar-refractivity contribution in [1.29, 1.82) is 0 Å². The summed E-state index contributed by atoms with van der Waals surface area (Å²) in [6, 6.07) is 3.70. The molecule has 0 saturated carbocycles. The standard InChI is InChI=1S/C16H24N2O4S/c1-5-23(20,21)18-8-6-17(7-9-18)16(19)14-10-13(3)15(22-4)11-12(14)2/h10-11H,5-9H2,1-4H3. The molecule has 6 nitrogen and oxygen atoms in total. The number of benzene rings is 1. The molecule has 1 saturated heterocycles. The monoisotopic (exact) mass is 340 g/mol. The van der Waals surface area contributed by atoms with Crippen LogP contribution in [0.25, 0.3) is 0 Å². The molecule has 0 aliphatic carbocycles. The molecule has 0 bridgehead atoms. The highest BCUT2D eigenvalue weighted by molar-refractivity contribution is 7.89. The van der Waals surface area contributed by atoms with Crippen molar-refractivity contribution in [2.24, 2.45) is 0 Å². The van der Waals surface area contributed by atoms with Crippen molar-refractivity contribution in [1.82, 2.24) is 9.21 Å². The summed E-state index contributed by atoms with van der Waals surface area (Å²) in [5.74, 6) is 0.803. The van der Waals surface area contributed by atoms with Gasteiger partial charge in [0.2, 0.25) is 10.0 Å². The zero-order valence-electron chi connectivity index (χ0n) is 14.1. The molecule has 2 rings (SSSR count). The molecule has 0 atom stereocenters. The summed E-state index contributed by atoms with van der Waals surface area (Å²) >= 11 is 0. The summed E-state index contributed by atoms with van der Waals surface area (Å²) in [7, 11) is -1.57. The van der Waals surface area contributed by atoms with Crippen LogP contribution in [0.5, 0.6) is 5.75 Å². The Morgan fingerprint density at radius 3 is 2.26 bits per heavy atom. The normalized spacial score (nSPS) is 16.4. The lowest BCUT2D eigenvalue weighted by Gasteiger charge is -2.34. The van der Waals surface area contributed by atoms with Gasteiger partial charge in [-0.05, 0) is 44.0 Å². The predicted molar refractivity (Wildman–Crippen MR) is 89.4 cm³/mol. The van der Waals surface area contributed by atoms with E-state index in [1.807, 2.05) is 26.0 Å². The molecule has 0 spiro atoms. The second-order valence-corrected chi connectivity index (χ2v) is 7.99. The van der Waals surface area contributed by atoms with E-state index in [1.54, 1.807) is 18.9 Å². The van der Waals surface area contributed by atoms with Gasteiger partial charge in [0.1, 0.15) is 5.75 Å². The highest BCUT2D eigenvalue weighted by atomic mass is 32.2. The Labute approximate surface area is 138 Å². The molecule has 1 amide bonds. The van der Waals surface area contributed by atoms with Gasteiger partial charge >= 0.3 is 0 Å². The molecule has 1 aromatic carbocycles. The third-order valence-corrected chi connectivity index (χ3v) is 6.14. The van der Waals surface area contributed by atoms with Crippen molar-refractivity contribution in [3.05, 3.63) is 28.8 Å². The van der Waals surface area contributed by atoms with Gasteiger partial charge in [-0.25, -0.2) is 8.42 Å². The fourth-order valence-electron chi connectivity index (χ4n) is 2.76. The van der Waals surface area contributed by atoms with Gasteiger partial charge in [0.05, 0.1) is 12.9 Å². The molecule has 7 heteroatoms. The average Bonchev–Trinajstić information content (AvgIpc) is 2.56. The van der Waals surface area contributed by atoms with E-state index in [2.05, 4.69) is 0 Å². The maximum atomic E-state index is 12.7. The summed E-state index contributed by atoms with van der Waals surface area (Å²) in [6.45, 7) is 6.97. The highest BCUT2D eigenvalue weighted by Crippen LogP contribution is 2.24. The van der Waals surface area contributed by atoms with Crippen LogP contribution in [-0.2, 0) is 10.0 Å². The molecular weight excluding hydrogens is 316 g/mol. The fraction of sp³-hybridized carbons (Fsp3) is 0.562. The third-order valence-electron chi connectivity index (χ3n) is 4.26. The number of aryl methyl sites for hydroxylation is 2. The number of methoxy groups -OCH3 is 1. The summed E-state index contributed by atoms with van der Waals surface area (Å²) in [5, 5.41) is 0. The van der Waals surface area contributed by atoms with E-state index in [-0.39, 0.29) is 11.7 Å². The molecule has 1 aliphatic heterocycles.